The van der Waals surface area contributed by atoms with E-state index >= 15 is 0 Å². The van der Waals surface area contributed by atoms with Crippen LogP contribution in [-0.4, -0.2) is 259 Å². The zero-order chi connectivity index (χ0) is 89.5. The molecule has 0 aliphatic carbocycles. The molecule has 672 valence electrons. The number of anilines is 7. The zero-order valence-corrected chi connectivity index (χ0v) is 74.9. The molecule has 4 saturated heterocycles. The largest absolute Gasteiger partial charge is 0.394 e. The van der Waals surface area contributed by atoms with Crippen LogP contribution in [0.15, 0.2) is 128 Å². The van der Waals surface area contributed by atoms with E-state index in [1.807, 2.05) is 80.9 Å². The van der Waals surface area contributed by atoms with Crippen molar-refractivity contribution in [3.05, 3.63) is 197 Å². The molecule has 4 aliphatic rings. The molecule has 0 bridgehead atoms. The van der Waals surface area contributed by atoms with E-state index in [-0.39, 0.29) is 108 Å². The lowest BCUT2D eigenvalue weighted by atomic mass is 9.94. The van der Waals surface area contributed by atoms with E-state index in [4.69, 9.17) is 95.8 Å². The Morgan fingerprint density at radius 3 is 1.27 bits per heavy atom. The molecule has 8 heterocycles. The predicted molar refractivity (Wildman–Crippen MR) is 483 cm³/mol. The number of rotatable bonds is 30. The maximum atomic E-state index is 12.8. The number of aryl methyl sites for hydroxylation is 1. The van der Waals surface area contributed by atoms with Crippen LogP contribution in [0.25, 0.3) is 0 Å². The van der Waals surface area contributed by atoms with Gasteiger partial charge in [-0.15, -0.1) is 0 Å². The number of nitrogens with one attached hydrogen (secondary N) is 8. The second-order valence-corrected chi connectivity index (χ2v) is 33.1. The zero-order valence-electron chi connectivity index (χ0n) is 69.6. The number of carbonyl (C=O) groups is 4. The van der Waals surface area contributed by atoms with Crippen molar-refractivity contribution >= 4 is 146 Å². The third-order valence-corrected chi connectivity index (χ3v) is 22.2. The lowest BCUT2D eigenvalue weighted by molar-refractivity contribution is -0.163. The number of benzene rings is 4. The fourth-order valence-corrected chi connectivity index (χ4v) is 14.9. The molecule has 0 saturated carbocycles. The predicted octanol–water partition coefficient (Wildman–Crippen LogP) is 10.5. The Labute approximate surface area is 756 Å². The first kappa shape index (κ1) is 98.8. The van der Waals surface area contributed by atoms with E-state index < -0.39 is 42.3 Å². The second kappa shape index (κ2) is 49.8. The van der Waals surface area contributed by atoms with Gasteiger partial charge in [0, 0.05) is 128 Å². The minimum Gasteiger partial charge on any atom is -0.394 e. The van der Waals surface area contributed by atoms with Crippen LogP contribution in [0.1, 0.15) is 118 Å². The SMILES string of the molecule is CC(C)Nc1ncc(Cl)c(N2CCN(C(=O)N[C@H](CO)c3cccc(Cl)c3)CC2)n1.CC(CO)Nc1ncc(Cl)c(C2COC(C(=O)N[C@H](CO)c3cccc(Cl)c3)CO2)n1.CC[C@@H](CO)Nc1ncc(Cl)c(N2CCN(C(=O)N[C@H](CO)c3cccc(Cl)c3)CC2)n1.Cc1cnc(N[C@@H](C)CO)cc1N1CCC(C(=O)N[C@H](CO)c2cccc(Cl)c2)CC1. The van der Waals surface area contributed by atoms with Gasteiger partial charge < -0.3 is 112 Å². The van der Waals surface area contributed by atoms with Gasteiger partial charge in [-0.25, -0.2) is 34.5 Å². The summed E-state index contributed by atoms with van der Waals surface area (Å²) < 4.78 is 11.5. The van der Waals surface area contributed by atoms with E-state index in [2.05, 4.69) is 82.3 Å². The van der Waals surface area contributed by atoms with Gasteiger partial charge in [0.05, 0.1) is 119 Å². The molecule has 6 amide bonds. The number of ether oxygens (including phenoxy) is 2. The number of aliphatic hydroxyl groups excluding tert-OH is 7. The highest BCUT2D eigenvalue weighted by atomic mass is 35.5. The average molecular weight is 1860 g/mol. The van der Waals surface area contributed by atoms with Gasteiger partial charge in [0.2, 0.25) is 23.8 Å². The highest BCUT2D eigenvalue weighted by Crippen LogP contribution is 2.34. The molecule has 0 radical (unpaired) electrons. The Kier molecular flexibility index (Phi) is 39.7. The molecule has 9 atom stereocenters. The standard InChI is InChI=1S/C23H31ClN4O3.C21H28Cl2N6O3.C20H26Cl2N6O2.C20H24Cl2N4O5/c1-15-12-25-22(26-16(2)13-29)11-21(15)28-8-6-17(7-9-28)23(31)27-20(14-30)18-4-3-5-19(24)10-18;1-2-16(12-30)25-20-24-11-17(23)19(27-20)28-6-8-29(9-7-28)21(32)26-18(13-31)14-4-3-5-15(22)10-14;1-13(2)24-19-23-11-16(22)18(26-19)27-6-8-28(9-7-27)20(30)25-17(12-29)14-4-3-5-15(21)10-14;1-11(7-27)24-20-23-6-14(22)18(26-20)16-9-31-17(10-30-16)19(29)25-15(8-28)12-3-2-4-13(21)5-12/h3-5,10-12,16-17,20,29-30H,6-9,13-14H2,1-2H3,(H,25,26)(H,27,31);3-5,10-11,16,18,30-31H,2,6-9,12-13H2,1H3,(H,26,32)(H,24,25,27);3-5,10-11,13,17,29H,6-9,12H2,1-2H3,(H,25,30)(H,23,24,26);2-6,11,15-17,27-28H,7-10H2,1H3,(H,25,29)(H,23,24,26)/t16-,20+;16-,18+;17-;11?,15-,16?,17?/m0011/s1. The Morgan fingerprint density at radius 1 is 0.444 bits per heavy atom. The van der Waals surface area contributed by atoms with Gasteiger partial charge in [-0.1, -0.05) is 137 Å². The van der Waals surface area contributed by atoms with Crippen LogP contribution in [0.4, 0.5) is 50.6 Å². The summed E-state index contributed by atoms with van der Waals surface area (Å²) in [7, 11) is 0. The molecular weight excluding hydrogens is 1750 g/mol. The Balaban J connectivity index is 0.000000187. The molecule has 4 fully saturated rings. The molecule has 4 aliphatic heterocycles. The van der Waals surface area contributed by atoms with Crippen LogP contribution in [0.2, 0.25) is 35.2 Å². The van der Waals surface area contributed by atoms with Crippen molar-refractivity contribution in [2.75, 3.05) is 161 Å². The fourth-order valence-electron chi connectivity index (χ4n) is 13.5. The van der Waals surface area contributed by atoms with E-state index in [0.29, 0.717) is 128 Å². The van der Waals surface area contributed by atoms with Crippen molar-refractivity contribution in [2.24, 2.45) is 5.92 Å². The summed E-state index contributed by atoms with van der Waals surface area (Å²) in [5.74, 6) is 2.65. The van der Waals surface area contributed by atoms with Gasteiger partial charge >= 0.3 is 12.1 Å². The molecule has 4 aromatic carbocycles. The Morgan fingerprint density at radius 2 is 0.863 bits per heavy atom. The monoisotopic (exact) mass is 1850 g/mol. The molecular formula is C84H109Cl7N20O13. The summed E-state index contributed by atoms with van der Waals surface area (Å²) in [4.78, 5) is 90.8. The smallest absolute Gasteiger partial charge is 0.318 e. The number of pyridine rings is 1. The highest BCUT2D eigenvalue weighted by Gasteiger charge is 2.35. The summed E-state index contributed by atoms with van der Waals surface area (Å²) in [6.45, 7) is 16.5. The van der Waals surface area contributed by atoms with Crippen LogP contribution < -0.4 is 57.2 Å². The topological polar surface area (TPSA) is 431 Å². The number of aliphatic hydroxyl groups is 7. The third-order valence-electron chi connectivity index (χ3n) is 20.5. The van der Waals surface area contributed by atoms with Gasteiger partial charge in [-0.2, -0.15) is 9.97 Å². The number of urea groups is 2. The number of carbonyl (C=O) groups excluding carboxylic acids is 4. The Hall–Kier alpha value is -8.98. The Bertz CT molecular complexity index is 4580. The summed E-state index contributed by atoms with van der Waals surface area (Å²) >= 11 is 42.9. The molecule has 0 spiro atoms. The number of hydrogen-bond donors (Lipinski definition) is 15. The maximum absolute atomic E-state index is 12.8. The summed E-state index contributed by atoms with van der Waals surface area (Å²) in [6, 6.07) is 27.4. The molecule has 33 nitrogen and oxygen atoms in total. The van der Waals surface area contributed by atoms with Crippen molar-refractivity contribution in [1.82, 2.24) is 66.0 Å². The molecule has 40 heteroatoms. The normalized spacial score (nSPS) is 17.1. The van der Waals surface area contributed by atoms with Gasteiger partial charge in [-0.3, -0.25) is 9.59 Å². The minimum atomic E-state index is -0.850. The molecule has 124 heavy (non-hydrogen) atoms. The summed E-state index contributed by atoms with van der Waals surface area (Å²) in [5.41, 5.74) is 5.58. The van der Waals surface area contributed by atoms with Crippen LogP contribution in [0, 0.1) is 12.8 Å². The van der Waals surface area contributed by atoms with Crippen molar-refractivity contribution in [3.63, 3.8) is 0 Å². The van der Waals surface area contributed by atoms with Gasteiger partial charge in [-0.05, 0) is 130 Å². The van der Waals surface area contributed by atoms with Crippen LogP contribution in [0.5, 0.6) is 0 Å². The number of hydrogen-bond acceptors (Lipinski definition) is 27. The molecule has 12 rings (SSSR count). The third kappa shape index (κ3) is 29.6. The van der Waals surface area contributed by atoms with E-state index in [1.165, 1.54) is 12.4 Å². The summed E-state index contributed by atoms with van der Waals surface area (Å²) in [6.07, 6.45) is 7.16. The maximum Gasteiger partial charge on any atom is 0.318 e. The first-order chi connectivity index (χ1) is 59.6. The first-order valence-electron chi connectivity index (χ1n) is 40.7. The van der Waals surface area contributed by atoms with Gasteiger partial charge in [0.1, 0.15) is 22.0 Å². The number of piperidine rings is 1. The number of nitrogens with zero attached hydrogens (tertiary/aromatic N) is 12. The van der Waals surface area contributed by atoms with Gasteiger partial charge in [0.25, 0.3) is 5.91 Å². The summed E-state index contributed by atoms with van der Waals surface area (Å²) in [5, 5.41) is 93.9. The molecule has 4 aromatic heterocycles. The van der Waals surface area contributed by atoms with Gasteiger partial charge in [0.15, 0.2) is 17.7 Å². The van der Waals surface area contributed by atoms with E-state index in [0.717, 1.165) is 66.1 Å². The number of piperazine rings is 2. The second-order valence-electron chi connectivity index (χ2n) is 30.1. The van der Waals surface area contributed by atoms with Crippen LogP contribution in [0.3, 0.4) is 0 Å². The van der Waals surface area contributed by atoms with E-state index in [1.54, 1.807) is 95.7 Å². The molecule has 3 unspecified atom stereocenters. The highest BCUT2D eigenvalue weighted by molar-refractivity contribution is 6.33. The van der Waals surface area contributed by atoms with Crippen molar-refractivity contribution in [1.29, 1.82) is 0 Å². The lowest BCUT2D eigenvalue weighted by Gasteiger charge is -2.36. The number of amides is 6. The van der Waals surface area contributed by atoms with Crippen molar-refractivity contribution < 1.29 is 64.4 Å². The van der Waals surface area contributed by atoms with E-state index in [9.17, 15) is 49.8 Å². The number of aromatic nitrogens is 7. The van der Waals surface area contributed by atoms with Crippen LogP contribution >= 0.6 is 81.2 Å². The lowest BCUT2D eigenvalue weighted by Crippen LogP contribution is -2.52. The molecule has 8 aromatic rings. The number of halogens is 7. The van der Waals surface area contributed by atoms with Crippen molar-refractivity contribution in [3.8, 4) is 0 Å². The van der Waals surface area contributed by atoms with Crippen LogP contribution in [-0.2, 0) is 19.1 Å². The van der Waals surface area contributed by atoms with Crippen molar-refractivity contribution in [2.45, 2.75) is 121 Å². The quantitative estimate of drug-likeness (QED) is 0.0199. The first-order valence-corrected chi connectivity index (χ1v) is 43.4. The fraction of sp³-hybridized carbons (Fsp3) is 0.464. The average Bonchev–Trinajstić information content (AvgIpc) is 0.829. The minimum absolute atomic E-state index is 0.0136. The molecule has 15 N–H and O–H groups in total.